The van der Waals surface area contributed by atoms with Gasteiger partial charge in [0.05, 0.1) is 5.69 Å². The van der Waals surface area contributed by atoms with E-state index in [-0.39, 0.29) is 17.5 Å². The van der Waals surface area contributed by atoms with E-state index in [1.807, 2.05) is 0 Å². The summed E-state index contributed by atoms with van der Waals surface area (Å²) in [5.74, 6) is 0. The fourth-order valence-corrected chi connectivity index (χ4v) is 3.28. The van der Waals surface area contributed by atoms with E-state index in [0.717, 1.165) is 0 Å². The highest BCUT2D eigenvalue weighted by atomic mass is 32.2. The topological polar surface area (TPSA) is 88.4 Å². The summed E-state index contributed by atoms with van der Waals surface area (Å²) in [5, 5.41) is 0.552. The zero-order valence-electron chi connectivity index (χ0n) is 14.0. The van der Waals surface area contributed by atoms with Crippen molar-refractivity contribution < 1.29 is 17.2 Å². The van der Waals surface area contributed by atoms with E-state index in [4.69, 9.17) is 4.42 Å². The third-order valence-corrected chi connectivity index (χ3v) is 5.03. The second-order valence-electron chi connectivity index (χ2n) is 5.66. The number of fused-ring (bicyclic) bond motifs is 1. The van der Waals surface area contributed by atoms with Crippen molar-refractivity contribution in [2.24, 2.45) is 0 Å². The number of halogens is 1. The first-order valence-corrected chi connectivity index (χ1v) is 9.31. The van der Waals surface area contributed by atoms with Crippen LogP contribution in [0.3, 0.4) is 0 Å². The van der Waals surface area contributed by atoms with Crippen molar-refractivity contribution in [1.29, 1.82) is 0 Å². The van der Waals surface area contributed by atoms with Crippen molar-refractivity contribution >= 4 is 26.9 Å². The smallest absolute Gasteiger partial charge is 0.340 e. The van der Waals surface area contributed by atoms with Gasteiger partial charge in [-0.3, -0.25) is 4.72 Å². The highest BCUT2D eigenvalue weighted by molar-refractivity contribution is 7.90. The van der Waals surface area contributed by atoms with Crippen LogP contribution in [0.1, 0.15) is 16.7 Å². The largest absolute Gasteiger partial charge is 0.422 e. The minimum Gasteiger partial charge on any atom is -0.422 e. The number of hydrogen-bond acceptors (Lipinski definition) is 4. The van der Waals surface area contributed by atoms with E-state index in [1.165, 1.54) is 7.05 Å². The number of anilines is 1. The van der Waals surface area contributed by atoms with Gasteiger partial charge in [-0.25, -0.2) is 13.9 Å². The zero-order chi connectivity index (χ0) is 18.7. The maximum absolute atomic E-state index is 13.7. The molecular formula is C18H17FN2O4S. The molecule has 3 aromatic rings. The van der Waals surface area contributed by atoms with Crippen LogP contribution in [0, 0.1) is 0 Å². The Labute approximate surface area is 149 Å². The second kappa shape index (κ2) is 7.27. The number of rotatable bonds is 6. The third-order valence-electron chi connectivity index (χ3n) is 3.99. The molecule has 2 aromatic carbocycles. The van der Waals surface area contributed by atoms with Gasteiger partial charge in [0.1, 0.15) is 12.3 Å². The first kappa shape index (κ1) is 18.1. The lowest BCUT2D eigenvalue weighted by Crippen LogP contribution is -2.26. The Morgan fingerprint density at radius 2 is 1.85 bits per heavy atom. The molecule has 0 spiro atoms. The summed E-state index contributed by atoms with van der Waals surface area (Å²) in [4.78, 5) is 12.3. The van der Waals surface area contributed by atoms with Crippen LogP contribution in [0.25, 0.3) is 11.0 Å². The molecule has 2 N–H and O–H groups in total. The molecule has 0 bridgehead atoms. The molecule has 0 amide bonds. The Bertz CT molecular complexity index is 1110. The molecule has 0 radical (unpaired) electrons. The summed E-state index contributed by atoms with van der Waals surface area (Å²) < 4.78 is 46.7. The third kappa shape index (κ3) is 3.76. The van der Waals surface area contributed by atoms with E-state index >= 15 is 0 Å². The van der Waals surface area contributed by atoms with Crippen LogP contribution >= 0.6 is 0 Å². The van der Waals surface area contributed by atoms with Crippen molar-refractivity contribution in [3.05, 3.63) is 75.6 Å². The van der Waals surface area contributed by atoms with Crippen LogP contribution < -0.4 is 15.1 Å². The molecule has 6 nitrogen and oxygen atoms in total. The lowest BCUT2D eigenvalue weighted by Gasteiger charge is -2.11. The Kier molecular flexibility index (Phi) is 5.06. The molecule has 0 saturated carbocycles. The van der Waals surface area contributed by atoms with Gasteiger partial charge in [0, 0.05) is 30.0 Å². The maximum Gasteiger partial charge on any atom is 0.340 e. The summed E-state index contributed by atoms with van der Waals surface area (Å²) >= 11 is 0. The van der Waals surface area contributed by atoms with Crippen molar-refractivity contribution in [3.63, 3.8) is 0 Å². The van der Waals surface area contributed by atoms with Crippen molar-refractivity contribution in [1.82, 2.24) is 4.72 Å². The van der Waals surface area contributed by atoms with Crippen LogP contribution in [0.5, 0.6) is 0 Å². The van der Waals surface area contributed by atoms with Gasteiger partial charge in [-0.1, -0.05) is 30.3 Å². The van der Waals surface area contributed by atoms with Crippen molar-refractivity contribution in [2.75, 3.05) is 11.8 Å². The monoisotopic (exact) mass is 376 g/mol. The molecule has 0 aliphatic rings. The quantitative estimate of drug-likeness (QED) is 0.648. The molecule has 0 aliphatic carbocycles. The Hall–Kier alpha value is -2.71. The van der Waals surface area contributed by atoms with Crippen LogP contribution in [0.4, 0.5) is 10.1 Å². The number of alkyl halides is 1. The molecule has 0 fully saturated rings. The second-order valence-corrected chi connectivity index (χ2v) is 7.28. The highest BCUT2D eigenvalue weighted by Gasteiger charge is 2.15. The molecule has 0 unspecified atom stereocenters. The van der Waals surface area contributed by atoms with E-state index in [9.17, 15) is 17.6 Å². The van der Waals surface area contributed by atoms with E-state index in [0.29, 0.717) is 22.2 Å². The summed E-state index contributed by atoms with van der Waals surface area (Å²) in [6, 6.07) is 13.3. The standard InChI is InChI=1S/C18H17FN2O4S/c1-20-26(23,24)21-13-6-4-5-12(9-13)10-15-16(11-19)14-7-2-3-8-17(14)25-18(15)22/h2-9,20-21H,10-11H2,1H3. The van der Waals surface area contributed by atoms with Crippen LogP contribution in [-0.4, -0.2) is 15.5 Å². The van der Waals surface area contributed by atoms with Crippen molar-refractivity contribution in [2.45, 2.75) is 13.1 Å². The number of hydrogen-bond donors (Lipinski definition) is 2. The number of nitrogens with one attached hydrogen (secondary N) is 2. The van der Waals surface area contributed by atoms with Gasteiger partial charge >= 0.3 is 5.63 Å². The van der Waals surface area contributed by atoms with Gasteiger partial charge in [-0.2, -0.15) is 8.42 Å². The molecule has 8 heteroatoms. The number of para-hydroxylation sites is 1. The van der Waals surface area contributed by atoms with Gasteiger partial charge < -0.3 is 4.42 Å². The highest BCUT2D eigenvalue weighted by Crippen LogP contribution is 2.23. The first-order valence-electron chi connectivity index (χ1n) is 7.83. The maximum atomic E-state index is 13.7. The van der Waals surface area contributed by atoms with E-state index in [2.05, 4.69) is 9.44 Å². The fourth-order valence-electron chi connectivity index (χ4n) is 2.74. The molecular weight excluding hydrogens is 359 g/mol. The zero-order valence-corrected chi connectivity index (χ0v) is 14.8. The summed E-state index contributed by atoms with van der Waals surface area (Å²) in [5.41, 5.74) is 1.24. The average molecular weight is 376 g/mol. The van der Waals surface area contributed by atoms with Gasteiger partial charge in [0.25, 0.3) is 10.2 Å². The molecule has 3 rings (SSSR count). The minimum absolute atomic E-state index is 0.127. The molecule has 0 atom stereocenters. The van der Waals surface area contributed by atoms with Crippen LogP contribution in [0.2, 0.25) is 0 Å². The van der Waals surface area contributed by atoms with Gasteiger partial charge in [0.15, 0.2) is 0 Å². The van der Waals surface area contributed by atoms with Crippen molar-refractivity contribution in [3.8, 4) is 0 Å². The fraction of sp³-hybridized carbons (Fsp3) is 0.167. The average Bonchev–Trinajstić information content (AvgIpc) is 2.62. The minimum atomic E-state index is -3.65. The normalized spacial score (nSPS) is 11.6. The Morgan fingerprint density at radius 3 is 2.58 bits per heavy atom. The Balaban J connectivity index is 2.02. The van der Waals surface area contributed by atoms with Gasteiger partial charge in [-0.05, 0) is 23.8 Å². The SMILES string of the molecule is CNS(=O)(=O)Nc1cccc(Cc2c(CF)c3ccccc3oc2=O)c1. The molecule has 0 saturated heterocycles. The molecule has 1 heterocycles. The molecule has 136 valence electrons. The predicted molar refractivity (Wildman–Crippen MR) is 98.1 cm³/mol. The molecule has 0 aliphatic heterocycles. The molecule has 26 heavy (non-hydrogen) atoms. The summed E-state index contributed by atoms with van der Waals surface area (Å²) in [6.45, 7) is -0.798. The summed E-state index contributed by atoms with van der Waals surface area (Å²) in [6.07, 6.45) is 0.127. The Morgan fingerprint density at radius 1 is 1.08 bits per heavy atom. The molecule has 1 aromatic heterocycles. The van der Waals surface area contributed by atoms with E-state index in [1.54, 1.807) is 48.5 Å². The summed E-state index contributed by atoms with van der Waals surface area (Å²) in [7, 11) is -2.36. The van der Waals surface area contributed by atoms with Crippen LogP contribution in [0.15, 0.2) is 57.7 Å². The van der Waals surface area contributed by atoms with E-state index < -0.39 is 22.5 Å². The lowest BCUT2D eigenvalue weighted by atomic mass is 9.99. The van der Waals surface area contributed by atoms with Crippen LogP contribution in [-0.2, 0) is 23.3 Å². The first-order chi connectivity index (χ1) is 12.4. The van der Waals surface area contributed by atoms with Gasteiger partial charge in [-0.15, -0.1) is 0 Å². The number of benzene rings is 2. The van der Waals surface area contributed by atoms with Gasteiger partial charge in [0.2, 0.25) is 0 Å². The predicted octanol–water partition coefficient (Wildman–Crippen LogP) is 2.73. The lowest BCUT2D eigenvalue weighted by molar-refractivity contribution is 0.476.